The van der Waals surface area contributed by atoms with E-state index < -0.39 is 18.2 Å². The number of anilines is 1. The van der Waals surface area contributed by atoms with Gasteiger partial charge in [0, 0.05) is 31.8 Å². The minimum atomic E-state index is -0.663. The third kappa shape index (κ3) is 5.75. The van der Waals surface area contributed by atoms with Crippen LogP contribution in [0.3, 0.4) is 0 Å². The van der Waals surface area contributed by atoms with E-state index in [9.17, 15) is 14.3 Å². The van der Waals surface area contributed by atoms with Crippen LogP contribution in [0.2, 0.25) is 0 Å². The Morgan fingerprint density at radius 1 is 1.36 bits per heavy atom. The van der Waals surface area contributed by atoms with E-state index in [1.54, 1.807) is 7.11 Å². The molecule has 1 saturated heterocycles. The highest BCUT2D eigenvalue weighted by Crippen LogP contribution is 2.22. The van der Waals surface area contributed by atoms with Gasteiger partial charge in [-0.1, -0.05) is 5.16 Å². The Bertz CT molecular complexity index is 767. The van der Waals surface area contributed by atoms with Gasteiger partial charge in [0.25, 0.3) is 0 Å². The van der Waals surface area contributed by atoms with Crippen LogP contribution in [0.1, 0.15) is 24.3 Å². The van der Waals surface area contributed by atoms with Gasteiger partial charge in [-0.25, -0.2) is 9.18 Å². The second-order valence-electron chi connectivity index (χ2n) is 6.70. The largest absolute Gasteiger partial charge is 0.390 e. The maximum atomic E-state index is 12.9. The molecule has 2 amide bonds. The number of nitrogens with zero attached hydrogens (tertiary/aromatic N) is 1. The number of nitrogens with one attached hydrogen (secondary N) is 2. The van der Waals surface area contributed by atoms with Crippen LogP contribution < -0.4 is 10.6 Å². The molecule has 0 unspecified atom stereocenters. The number of halogens is 1. The second kappa shape index (κ2) is 9.63. The fraction of sp³-hybridized carbons (Fsp3) is 0.474. The van der Waals surface area contributed by atoms with Crippen LogP contribution in [-0.2, 0) is 22.5 Å². The third-order valence-electron chi connectivity index (χ3n) is 4.48. The van der Waals surface area contributed by atoms with Gasteiger partial charge in [0.2, 0.25) is 0 Å². The van der Waals surface area contributed by atoms with Crippen molar-refractivity contribution in [1.82, 2.24) is 10.5 Å². The zero-order chi connectivity index (χ0) is 19.9. The lowest BCUT2D eigenvalue weighted by atomic mass is 9.98. The van der Waals surface area contributed by atoms with Crippen LogP contribution in [0, 0.1) is 5.82 Å². The van der Waals surface area contributed by atoms with E-state index in [4.69, 9.17) is 14.0 Å². The summed E-state index contributed by atoms with van der Waals surface area (Å²) in [6.45, 7) is 0.505. The molecule has 3 atom stereocenters. The predicted octanol–water partition coefficient (Wildman–Crippen LogP) is 2.23. The molecule has 0 spiro atoms. The number of aromatic nitrogens is 1. The normalized spacial score (nSPS) is 22.0. The first-order chi connectivity index (χ1) is 13.5. The van der Waals surface area contributed by atoms with Gasteiger partial charge in [0.1, 0.15) is 18.5 Å². The first-order valence-electron chi connectivity index (χ1n) is 9.11. The standard InChI is InChI=1S/C19H24FN3O5/c1-26-11-16-9-14(23-28-16)8-15-6-7-17(24)18(27-15)10-21-19(25)22-13-4-2-12(20)3-5-13/h2-5,9,15,17-18,24H,6-8,10-11H2,1H3,(H2,21,22,25)/t15-,17-,18+/m0/s1. The van der Waals surface area contributed by atoms with Gasteiger partial charge in [0.05, 0.1) is 17.9 Å². The molecule has 3 rings (SSSR count). The summed E-state index contributed by atoms with van der Waals surface area (Å²) in [6.07, 6.45) is 0.492. The Morgan fingerprint density at radius 3 is 2.89 bits per heavy atom. The van der Waals surface area contributed by atoms with Gasteiger partial charge in [-0.3, -0.25) is 0 Å². The molecule has 8 nitrogen and oxygen atoms in total. The molecule has 1 aliphatic rings. The molecule has 1 aliphatic heterocycles. The van der Waals surface area contributed by atoms with Crippen LogP contribution in [-0.4, -0.2) is 48.3 Å². The van der Waals surface area contributed by atoms with E-state index in [2.05, 4.69) is 15.8 Å². The van der Waals surface area contributed by atoms with Gasteiger partial charge in [-0.2, -0.15) is 0 Å². The number of aliphatic hydroxyl groups excluding tert-OH is 1. The molecule has 28 heavy (non-hydrogen) atoms. The van der Waals surface area contributed by atoms with Crippen LogP contribution >= 0.6 is 0 Å². The molecular weight excluding hydrogens is 369 g/mol. The Balaban J connectivity index is 1.47. The van der Waals surface area contributed by atoms with Gasteiger partial charge >= 0.3 is 6.03 Å². The monoisotopic (exact) mass is 393 g/mol. The Kier molecular flexibility index (Phi) is 6.96. The van der Waals surface area contributed by atoms with Crippen LogP contribution in [0.15, 0.2) is 34.9 Å². The molecule has 1 aromatic heterocycles. The SMILES string of the molecule is COCc1cc(C[C@@H]2CC[C@H](O)[C@@H](CNC(=O)Nc3ccc(F)cc3)O2)no1. The van der Waals surface area contributed by atoms with E-state index in [0.717, 1.165) is 5.69 Å². The lowest BCUT2D eigenvalue weighted by molar-refractivity contribution is -0.113. The lowest BCUT2D eigenvalue weighted by Crippen LogP contribution is -2.47. The number of rotatable bonds is 7. The zero-order valence-corrected chi connectivity index (χ0v) is 15.6. The average molecular weight is 393 g/mol. The molecule has 3 N–H and O–H groups in total. The molecule has 152 valence electrons. The number of hydrogen-bond donors (Lipinski definition) is 3. The van der Waals surface area contributed by atoms with E-state index in [1.165, 1.54) is 24.3 Å². The van der Waals surface area contributed by atoms with Crippen molar-refractivity contribution in [2.75, 3.05) is 19.0 Å². The highest BCUT2D eigenvalue weighted by atomic mass is 19.1. The van der Waals surface area contributed by atoms with Gasteiger partial charge < -0.3 is 29.7 Å². The maximum absolute atomic E-state index is 12.9. The molecule has 0 radical (unpaired) electrons. The molecule has 9 heteroatoms. The number of benzene rings is 1. The lowest BCUT2D eigenvalue weighted by Gasteiger charge is -2.33. The minimum Gasteiger partial charge on any atom is -0.390 e. The topological polar surface area (TPSA) is 106 Å². The van der Waals surface area contributed by atoms with Crippen molar-refractivity contribution in [3.05, 3.63) is 47.6 Å². The van der Waals surface area contributed by atoms with E-state index in [1.807, 2.05) is 6.07 Å². The number of methoxy groups -OCH3 is 1. The number of aliphatic hydroxyl groups is 1. The second-order valence-corrected chi connectivity index (χ2v) is 6.70. The minimum absolute atomic E-state index is 0.129. The molecule has 1 aromatic carbocycles. The van der Waals surface area contributed by atoms with Crippen molar-refractivity contribution in [1.29, 1.82) is 0 Å². The highest BCUT2D eigenvalue weighted by Gasteiger charge is 2.30. The van der Waals surface area contributed by atoms with Crippen molar-refractivity contribution in [3.8, 4) is 0 Å². The van der Waals surface area contributed by atoms with Gasteiger partial charge in [0.15, 0.2) is 5.76 Å². The summed E-state index contributed by atoms with van der Waals surface area (Å²) >= 11 is 0. The van der Waals surface area contributed by atoms with Crippen molar-refractivity contribution >= 4 is 11.7 Å². The summed E-state index contributed by atoms with van der Waals surface area (Å²) in [5, 5.41) is 19.4. The quantitative estimate of drug-likeness (QED) is 0.666. The molecule has 2 aromatic rings. The van der Waals surface area contributed by atoms with Crippen molar-refractivity contribution in [2.45, 2.75) is 44.2 Å². The zero-order valence-electron chi connectivity index (χ0n) is 15.6. The summed E-state index contributed by atoms with van der Waals surface area (Å²) in [4.78, 5) is 12.0. The third-order valence-corrected chi connectivity index (χ3v) is 4.48. The summed E-state index contributed by atoms with van der Waals surface area (Å²) in [5.74, 6) is 0.265. The van der Waals surface area contributed by atoms with Crippen molar-refractivity contribution in [2.24, 2.45) is 0 Å². The van der Waals surface area contributed by atoms with Crippen molar-refractivity contribution < 1.29 is 28.3 Å². The number of carbonyl (C=O) groups excluding carboxylic acids is 1. The molecule has 1 fully saturated rings. The van der Waals surface area contributed by atoms with Gasteiger partial charge in [-0.05, 0) is 37.1 Å². The molecular formula is C19H24FN3O5. The fourth-order valence-electron chi connectivity index (χ4n) is 3.08. The Labute approximate surface area is 162 Å². The first-order valence-corrected chi connectivity index (χ1v) is 9.11. The van der Waals surface area contributed by atoms with Gasteiger partial charge in [-0.15, -0.1) is 0 Å². The van der Waals surface area contributed by atoms with Crippen LogP contribution in [0.25, 0.3) is 0 Å². The summed E-state index contributed by atoms with van der Waals surface area (Å²) in [7, 11) is 1.58. The number of carbonyl (C=O) groups is 1. The predicted molar refractivity (Wildman–Crippen MR) is 98.2 cm³/mol. The molecule has 0 bridgehead atoms. The summed E-state index contributed by atoms with van der Waals surface area (Å²) in [6, 6.07) is 6.82. The average Bonchev–Trinajstić information content (AvgIpc) is 3.11. The van der Waals surface area contributed by atoms with E-state index in [-0.39, 0.29) is 18.5 Å². The van der Waals surface area contributed by atoms with E-state index in [0.29, 0.717) is 37.3 Å². The van der Waals surface area contributed by atoms with Crippen molar-refractivity contribution in [3.63, 3.8) is 0 Å². The first kappa shape index (κ1) is 20.2. The highest BCUT2D eigenvalue weighted by molar-refractivity contribution is 5.89. The van der Waals surface area contributed by atoms with Crippen LogP contribution in [0.4, 0.5) is 14.9 Å². The van der Waals surface area contributed by atoms with E-state index >= 15 is 0 Å². The maximum Gasteiger partial charge on any atom is 0.319 e. The van der Waals surface area contributed by atoms with Crippen LogP contribution in [0.5, 0.6) is 0 Å². The smallest absolute Gasteiger partial charge is 0.319 e. The fourth-order valence-corrected chi connectivity index (χ4v) is 3.08. The number of ether oxygens (including phenoxy) is 2. The Morgan fingerprint density at radius 2 is 2.14 bits per heavy atom. The number of hydrogen-bond acceptors (Lipinski definition) is 6. The number of amides is 2. The molecule has 0 aliphatic carbocycles. The summed E-state index contributed by atoms with van der Waals surface area (Å²) in [5.41, 5.74) is 1.23. The summed E-state index contributed by atoms with van der Waals surface area (Å²) < 4.78 is 29.0. The molecule has 0 saturated carbocycles. The number of urea groups is 1. The molecule has 2 heterocycles. The Hall–Kier alpha value is -2.49.